The standard InChI is InChI=1S/C11H13ClN2O3/c1-2-3-4-11(15)13-9-6-5-8(12)7-10(9)14(16)17/h5-7H,2-4H2,1H3,(H,13,15). The van der Waals surface area contributed by atoms with Crippen molar-refractivity contribution in [3.8, 4) is 0 Å². The van der Waals surface area contributed by atoms with Crippen LogP contribution in [0.1, 0.15) is 26.2 Å². The smallest absolute Gasteiger partial charge is 0.294 e. The van der Waals surface area contributed by atoms with Crippen molar-refractivity contribution in [2.24, 2.45) is 0 Å². The van der Waals surface area contributed by atoms with Gasteiger partial charge < -0.3 is 5.32 Å². The largest absolute Gasteiger partial charge is 0.320 e. The third-order valence-electron chi connectivity index (χ3n) is 2.19. The van der Waals surface area contributed by atoms with Crippen LogP contribution in [0.3, 0.4) is 0 Å². The maximum atomic E-state index is 11.5. The van der Waals surface area contributed by atoms with E-state index in [9.17, 15) is 14.9 Å². The summed E-state index contributed by atoms with van der Waals surface area (Å²) in [5.74, 6) is -0.225. The number of carbonyl (C=O) groups excluding carboxylic acids is 1. The van der Waals surface area contributed by atoms with E-state index >= 15 is 0 Å². The molecule has 0 saturated carbocycles. The second-order valence-corrected chi connectivity index (χ2v) is 4.01. The van der Waals surface area contributed by atoms with Crippen molar-refractivity contribution >= 4 is 28.9 Å². The van der Waals surface area contributed by atoms with Crippen LogP contribution in [-0.2, 0) is 4.79 Å². The number of benzene rings is 1. The predicted octanol–water partition coefficient (Wildman–Crippen LogP) is 3.38. The molecule has 0 fully saturated rings. The first-order valence-electron chi connectivity index (χ1n) is 5.28. The average Bonchev–Trinajstić information content (AvgIpc) is 2.28. The van der Waals surface area contributed by atoms with E-state index in [0.29, 0.717) is 6.42 Å². The number of hydrogen-bond acceptors (Lipinski definition) is 3. The highest BCUT2D eigenvalue weighted by Gasteiger charge is 2.15. The summed E-state index contributed by atoms with van der Waals surface area (Å²) >= 11 is 5.66. The van der Waals surface area contributed by atoms with Gasteiger partial charge in [-0.2, -0.15) is 0 Å². The highest BCUT2D eigenvalue weighted by molar-refractivity contribution is 6.31. The number of halogens is 1. The third-order valence-corrected chi connectivity index (χ3v) is 2.42. The van der Waals surface area contributed by atoms with Crippen molar-refractivity contribution in [2.45, 2.75) is 26.2 Å². The molecule has 5 nitrogen and oxygen atoms in total. The Morgan fingerprint density at radius 2 is 2.24 bits per heavy atom. The number of nitro benzene ring substituents is 1. The molecule has 0 aliphatic rings. The van der Waals surface area contributed by atoms with Crippen LogP contribution in [-0.4, -0.2) is 10.8 Å². The van der Waals surface area contributed by atoms with E-state index in [-0.39, 0.29) is 22.3 Å². The summed E-state index contributed by atoms with van der Waals surface area (Å²) in [5, 5.41) is 13.5. The highest BCUT2D eigenvalue weighted by atomic mass is 35.5. The number of amides is 1. The molecule has 0 unspecified atom stereocenters. The van der Waals surface area contributed by atoms with Crippen LogP contribution < -0.4 is 5.32 Å². The van der Waals surface area contributed by atoms with Crippen LogP contribution in [0.5, 0.6) is 0 Å². The zero-order valence-corrected chi connectivity index (χ0v) is 10.2. The molecule has 17 heavy (non-hydrogen) atoms. The molecule has 0 aromatic heterocycles. The first-order valence-corrected chi connectivity index (χ1v) is 5.66. The Hall–Kier alpha value is -1.62. The lowest BCUT2D eigenvalue weighted by Gasteiger charge is -2.05. The lowest BCUT2D eigenvalue weighted by atomic mass is 10.2. The second kappa shape index (κ2) is 6.20. The number of unbranched alkanes of at least 4 members (excludes halogenated alkanes) is 1. The van der Waals surface area contributed by atoms with Gasteiger partial charge in [0.05, 0.1) is 4.92 Å². The molecule has 0 aliphatic carbocycles. The fourth-order valence-electron chi connectivity index (χ4n) is 1.31. The van der Waals surface area contributed by atoms with Gasteiger partial charge in [-0.15, -0.1) is 0 Å². The number of nitrogens with one attached hydrogen (secondary N) is 1. The molecule has 1 amide bonds. The minimum absolute atomic E-state index is 0.181. The van der Waals surface area contributed by atoms with E-state index in [4.69, 9.17) is 11.6 Å². The molecule has 0 aliphatic heterocycles. The Bertz CT molecular complexity index is 435. The number of nitrogens with zero attached hydrogens (tertiary/aromatic N) is 1. The van der Waals surface area contributed by atoms with Gasteiger partial charge in [0.25, 0.3) is 5.69 Å². The van der Waals surface area contributed by atoms with Gasteiger partial charge in [-0.1, -0.05) is 24.9 Å². The van der Waals surface area contributed by atoms with Gasteiger partial charge in [-0.25, -0.2) is 0 Å². The SMILES string of the molecule is CCCCC(=O)Nc1ccc(Cl)cc1[N+](=O)[O-]. The Labute approximate surface area is 104 Å². The molecule has 0 saturated heterocycles. The van der Waals surface area contributed by atoms with Gasteiger partial charge in [0.15, 0.2) is 0 Å². The van der Waals surface area contributed by atoms with Crippen molar-refractivity contribution in [2.75, 3.05) is 5.32 Å². The van der Waals surface area contributed by atoms with Crippen LogP contribution in [0.4, 0.5) is 11.4 Å². The van der Waals surface area contributed by atoms with Gasteiger partial charge in [-0.3, -0.25) is 14.9 Å². The van der Waals surface area contributed by atoms with Gasteiger partial charge in [0, 0.05) is 17.5 Å². The summed E-state index contributed by atoms with van der Waals surface area (Å²) in [5.41, 5.74) is -0.0112. The number of hydrogen-bond donors (Lipinski definition) is 1. The van der Waals surface area contributed by atoms with E-state index in [1.807, 2.05) is 6.92 Å². The molecule has 1 aromatic rings. The first-order chi connectivity index (χ1) is 8.04. The second-order valence-electron chi connectivity index (χ2n) is 3.57. The molecule has 1 rings (SSSR count). The summed E-state index contributed by atoms with van der Waals surface area (Å²) in [6.07, 6.45) is 2.01. The molecule has 0 spiro atoms. The van der Waals surface area contributed by atoms with E-state index in [2.05, 4.69) is 5.32 Å². The molecule has 1 N–H and O–H groups in total. The van der Waals surface area contributed by atoms with Crippen molar-refractivity contribution in [1.29, 1.82) is 0 Å². The summed E-state index contributed by atoms with van der Waals surface area (Å²) in [4.78, 5) is 21.7. The van der Waals surface area contributed by atoms with Crippen LogP contribution in [0.15, 0.2) is 18.2 Å². The molecule has 92 valence electrons. The Kier molecular flexibility index (Phi) is 4.90. The topological polar surface area (TPSA) is 72.2 Å². The summed E-state index contributed by atoms with van der Waals surface area (Å²) in [6, 6.07) is 4.16. The lowest BCUT2D eigenvalue weighted by molar-refractivity contribution is -0.383. The van der Waals surface area contributed by atoms with Gasteiger partial charge in [0.2, 0.25) is 5.91 Å². The van der Waals surface area contributed by atoms with Crippen LogP contribution in [0, 0.1) is 10.1 Å². The Morgan fingerprint density at radius 1 is 1.53 bits per heavy atom. The molecule has 1 aromatic carbocycles. The minimum atomic E-state index is -0.568. The highest BCUT2D eigenvalue weighted by Crippen LogP contribution is 2.27. The minimum Gasteiger partial charge on any atom is -0.320 e. The summed E-state index contributed by atoms with van der Waals surface area (Å²) in [6.45, 7) is 1.97. The molecule has 0 heterocycles. The van der Waals surface area contributed by atoms with E-state index in [0.717, 1.165) is 12.8 Å². The van der Waals surface area contributed by atoms with Crippen molar-refractivity contribution < 1.29 is 9.72 Å². The van der Waals surface area contributed by atoms with Gasteiger partial charge in [-0.05, 0) is 18.6 Å². The van der Waals surface area contributed by atoms with E-state index in [1.54, 1.807) is 0 Å². The normalized spacial score (nSPS) is 10.0. The van der Waals surface area contributed by atoms with E-state index < -0.39 is 4.92 Å². The number of nitro groups is 1. The quantitative estimate of drug-likeness (QED) is 0.648. The molecular weight excluding hydrogens is 244 g/mol. The van der Waals surface area contributed by atoms with Gasteiger partial charge >= 0.3 is 0 Å². The molecular formula is C11H13ClN2O3. The monoisotopic (exact) mass is 256 g/mol. The molecule has 0 atom stereocenters. The Balaban J connectivity index is 2.83. The van der Waals surface area contributed by atoms with Crippen LogP contribution in [0.25, 0.3) is 0 Å². The number of rotatable bonds is 5. The maximum Gasteiger partial charge on any atom is 0.294 e. The lowest BCUT2D eigenvalue weighted by Crippen LogP contribution is -2.12. The number of carbonyl (C=O) groups is 1. The average molecular weight is 257 g/mol. The van der Waals surface area contributed by atoms with Crippen molar-refractivity contribution in [1.82, 2.24) is 0 Å². The number of anilines is 1. The van der Waals surface area contributed by atoms with Gasteiger partial charge in [0.1, 0.15) is 5.69 Å². The predicted molar refractivity (Wildman–Crippen MR) is 66.3 cm³/mol. The zero-order valence-electron chi connectivity index (χ0n) is 9.40. The fraction of sp³-hybridized carbons (Fsp3) is 0.364. The third kappa shape index (κ3) is 4.03. The zero-order chi connectivity index (χ0) is 12.8. The van der Waals surface area contributed by atoms with Crippen molar-refractivity contribution in [3.63, 3.8) is 0 Å². The summed E-state index contributed by atoms with van der Waals surface area (Å²) < 4.78 is 0. The maximum absolute atomic E-state index is 11.5. The first kappa shape index (κ1) is 13.4. The van der Waals surface area contributed by atoms with E-state index in [1.165, 1.54) is 18.2 Å². The van der Waals surface area contributed by atoms with Crippen LogP contribution in [0.2, 0.25) is 5.02 Å². The summed E-state index contributed by atoms with van der Waals surface area (Å²) in [7, 11) is 0. The Morgan fingerprint density at radius 3 is 2.82 bits per heavy atom. The van der Waals surface area contributed by atoms with Crippen molar-refractivity contribution in [3.05, 3.63) is 33.3 Å². The molecule has 6 heteroatoms. The molecule has 0 bridgehead atoms. The van der Waals surface area contributed by atoms with Crippen LogP contribution >= 0.6 is 11.6 Å². The fourth-order valence-corrected chi connectivity index (χ4v) is 1.48. The molecule has 0 radical (unpaired) electrons.